The van der Waals surface area contributed by atoms with Gasteiger partial charge in [0.2, 0.25) is 0 Å². The van der Waals surface area contributed by atoms with Crippen LogP contribution in [0.2, 0.25) is 0 Å². The highest BCUT2D eigenvalue weighted by Crippen LogP contribution is 2.20. The van der Waals surface area contributed by atoms with Gasteiger partial charge in [0.25, 0.3) is 11.7 Å². The van der Waals surface area contributed by atoms with Crippen LogP contribution in [0.25, 0.3) is 10.9 Å². The molecule has 2 N–H and O–H groups in total. The second-order valence-electron chi connectivity index (χ2n) is 5.04. The lowest BCUT2D eigenvalue weighted by atomic mass is 10.1. The van der Waals surface area contributed by atoms with Gasteiger partial charge < -0.3 is 10.3 Å². The lowest BCUT2D eigenvalue weighted by Gasteiger charge is -2.04. The van der Waals surface area contributed by atoms with Gasteiger partial charge in [-0.1, -0.05) is 17.7 Å². The van der Waals surface area contributed by atoms with E-state index < -0.39 is 17.5 Å². The molecule has 5 heteroatoms. The number of Topliss-reactive ketones (excluding diaryl/α,β-unsaturated/α-hetero) is 1. The third-order valence-electron chi connectivity index (χ3n) is 3.40. The number of benzene rings is 2. The number of H-pyrrole nitrogens is 1. The van der Waals surface area contributed by atoms with E-state index in [0.717, 1.165) is 5.56 Å². The number of carbonyl (C=O) groups is 2. The van der Waals surface area contributed by atoms with E-state index in [-0.39, 0.29) is 5.56 Å². The predicted molar refractivity (Wildman–Crippen MR) is 82.4 cm³/mol. The van der Waals surface area contributed by atoms with Crippen molar-refractivity contribution >= 4 is 28.3 Å². The van der Waals surface area contributed by atoms with Crippen molar-refractivity contribution in [2.45, 2.75) is 6.92 Å². The minimum absolute atomic E-state index is 0.152. The van der Waals surface area contributed by atoms with Crippen LogP contribution in [0.4, 0.5) is 10.1 Å². The number of hydrogen-bond acceptors (Lipinski definition) is 2. The molecule has 1 aromatic heterocycles. The molecule has 0 bridgehead atoms. The first-order valence-electron chi connectivity index (χ1n) is 6.73. The van der Waals surface area contributed by atoms with Gasteiger partial charge in [-0.3, -0.25) is 9.59 Å². The van der Waals surface area contributed by atoms with Crippen molar-refractivity contribution in [2.75, 3.05) is 5.32 Å². The van der Waals surface area contributed by atoms with E-state index in [1.807, 2.05) is 19.1 Å². The van der Waals surface area contributed by atoms with Crippen molar-refractivity contribution in [3.63, 3.8) is 0 Å². The number of rotatable bonds is 3. The number of ketones is 1. The van der Waals surface area contributed by atoms with Crippen LogP contribution in [0.5, 0.6) is 0 Å². The summed E-state index contributed by atoms with van der Waals surface area (Å²) in [6.07, 6.45) is 1.42. The number of anilines is 1. The Morgan fingerprint density at radius 2 is 1.82 bits per heavy atom. The van der Waals surface area contributed by atoms with Crippen LogP contribution in [-0.4, -0.2) is 16.7 Å². The molecule has 0 aliphatic carbocycles. The Morgan fingerprint density at radius 1 is 1.09 bits per heavy atom. The lowest BCUT2D eigenvalue weighted by Crippen LogP contribution is -2.22. The SMILES string of the molecule is Cc1ccc(NC(=O)C(=O)c2c[nH]c3ccc(F)cc23)cc1. The van der Waals surface area contributed by atoms with Gasteiger partial charge in [-0.25, -0.2) is 4.39 Å². The van der Waals surface area contributed by atoms with Crippen LogP contribution < -0.4 is 5.32 Å². The third kappa shape index (κ3) is 2.61. The first-order chi connectivity index (χ1) is 10.5. The zero-order chi connectivity index (χ0) is 15.7. The Bertz CT molecular complexity index is 866. The number of amides is 1. The maximum Gasteiger partial charge on any atom is 0.296 e. The predicted octanol–water partition coefficient (Wildman–Crippen LogP) is 3.44. The molecule has 0 aliphatic heterocycles. The number of nitrogens with one attached hydrogen (secondary N) is 2. The van der Waals surface area contributed by atoms with Crippen molar-refractivity contribution in [3.05, 3.63) is 65.6 Å². The zero-order valence-electron chi connectivity index (χ0n) is 11.8. The largest absolute Gasteiger partial charge is 0.360 e. The number of carbonyl (C=O) groups excluding carboxylic acids is 2. The Balaban J connectivity index is 1.87. The normalized spacial score (nSPS) is 10.6. The number of fused-ring (bicyclic) bond motifs is 1. The molecule has 0 radical (unpaired) electrons. The topological polar surface area (TPSA) is 62.0 Å². The number of hydrogen-bond donors (Lipinski definition) is 2. The van der Waals surface area contributed by atoms with Gasteiger partial charge >= 0.3 is 0 Å². The summed E-state index contributed by atoms with van der Waals surface area (Å²) in [4.78, 5) is 27.2. The fraction of sp³-hybridized carbons (Fsp3) is 0.0588. The molecular weight excluding hydrogens is 283 g/mol. The Kier molecular flexibility index (Phi) is 3.47. The van der Waals surface area contributed by atoms with Gasteiger partial charge in [0.1, 0.15) is 5.82 Å². The molecule has 3 aromatic rings. The summed E-state index contributed by atoms with van der Waals surface area (Å²) in [5, 5.41) is 2.93. The molecule has 4 nitrogen and oxygen atoms in total. The molecule has 1 heterocycles. The number of aromatic nitrogens is 1. The van der Waals surface area contributed by atoms with Crippen LogP contribution in [-0.2, 0) is 4.79 Å². The monoisotopic (exact) mass is 296 g/mol. The molecule has 22 heavy (non-hydrogen) atoms. The quantitative estimate of drug-likeness (QED) is 0.574. The smallest absolute Gasteiger partial charge is 0.296 e. The van der Waals surface area contributed by atoms with Crippen molar-refractivity contribution in [2.24, 2.45) is 0 Å². The molecule has 0 fully saturated rings. The summed E-state index contributed by atoms with van der Waals surface area (Å²) in [6, 6.07) is 11.2. The molecule has 110 valence electrons. The van der Waals surface area contributed by atoms with E-state index in [4.69, 9.17) is 0 Å². The van der Waals surface area contributed by atoms with Crippen molar-refractivity contribution in [3.8, 4) is 0 Å². The van der Waals surface area contributed by atoms with Crippen LogP contribution in [0.1, 0.15) is 15.9 Å². The van der Waals surface area contributed by atoms with Gasteiger partial charge in [-0.15, -0.1) is 0 Å². The second-order valence-corrected chi connectivity index (χ2v) is 5.04. The summed E-state index contributed by atoms with van der Waals surface area (Å²) >= 11 is 0. The van der Waals surface area contributed by atoms with E-state index in [9.17, 15) is 14.0 Å². The van der Waals surface area contributed by atoms with Crippen molar-refractivity contribution in [1.29, 1.82) is 0 Å². The minimum atomic E-state index is -0.756. The standard InChI is InChI=1S/C17H13FN2O2/c1-10-2-5-12(6-3-10)20-17(22)16(21)14-9-19-15-7-4-11(18)8-13(14)15/h2-9,19H,1H3,(H,20,22). The highest BCUT2D eigenvalue weighted by molar-refractivity contribution is 6.48. The fourth-order valence-corrected chi connectivity index (χ4v) is 2.23. The maximum atomic E-state index is 13.3. The van der Waals surface area contributed by atoms with Gasteiger partial charge in [0.15, 0.2) is 0 Å². The fourth-order valence-electron chi connectivity index (χ4n) is 2.23. The van der Waals surface area contributed by atoms with E-state index in [1.54, 1.807) is 12.1 Å². The number of aromatic amines is 1. The summed E-state index contributed by atoms with van der Waals surface area (Å²) in [7, 11) is 0. The lowest BCUT2D eigenvalue weighted by molar-refractivity contribution is -0.112. The molecule has 3 rings (SSSR count). The summed E-state index contributed by atoms with van der Waals surface area (Å²) < 4.78 is 13.3. The van der Waals surface area contributed by atoms with Crippen LogP contribution in [0.3, 0.4) is 0 Å². The Hall–Kier alpha value is -2.95. The molecular formula is C17H13FN2O2. The van der Waals surface area contributed by atoms with E-state index in [1.165, 1.54) is 24.4 Å². The second kappa shape index (κ2) is 5.44. The zero-order valence-corrected chi connectivity index (χ0v) is 11.8. The first-order valence-corrected chi connectivity index (χ1v) is 6.73. The molecule has 0 atom stereocenters. The summed E-state index contributed by atoms with van der Waals surface area (Å²) in [5.74, 6) is -1.92. The van der Waals surface area contributed by atoms with Gasteiger partial charge in [-0.05, 0) is 37.3 Å². The van der Waals surface area contributed by atoms with E-state index in [2.05, 4.69) is 10.3 Å². The van der Waals surface area contributed by atoms with Crippen LogP contribution in [0, 0.1) is 12.7 Å². The summed E-state index contributed by atoms with van der Waals surface area (Å²) in [5.41, 5.74) is 2.35. The van der Waals surface area contributed by atoms with Crippen molar-refractivity contribution < 1.29 is 14.0 Å². The van der Waals surface area contributed by atoms with Crippen molar-refractivity contribution in [1.82, 2.24) is 4.98 Å². The van der Waals surface area contributed by atoms with E-state index >= 15 is 0 Å². The molecule has 0 spiro atoms. The molecule has 0 saturated heterocycles. The highest BCUT2D eigenvalue weighted by atomic mass is 19.1. The first kappa shape index (κ1) is 14.0. The molecule has 1 amide bonds. The molecule has 0 saturated carbocycles. The molecule has 0 unspecified atom stereocenters. The molecule has 0 aliphatic rings. The van der Waals surface area contributed by atoms with Gasteiger partial charge in [0, 0.05) is 22.8 Å². The summed E-state index contributed by atoms with van der Waals surface area (Å²) in [6.45, 7) is 1.93. The Morgan fingerprint density at radius 3 is 2.55 bits per heavy atom. The average molecular weight is 296 g/mol. The van der Waals surface area contributed by atoms with Gasteiger partial charge in [0.05, 0.1) is 5.56 Å². The van der Waals surface area contributed by atoms with Gasteiger partial charge in [-0.2, -0.15) is 0 Å². The third-order valence-corrected chi connectivity index (χ3v) is 3.40. The highest BCUT2D eigenvalue weighted by Gasteiger charge is 2.20. The average Bonchev–Trinajstić information content (AvgIpc) is 2.91. The van der Waals surface area contributed by atoms with Crippen LogP contribution in [0.15, 0.2) is 48.7 Å². The van der Waals surface area contributed by atoms with E-state index in [0.29, 0.717) is 16.6 Å². The maximum absolute atomic E-state index is 13.3. The molecule has 2 aromatic carbocycles. The Labute approximate surface area is 126 Å². The number of aryl methyl sites for hydroxylation is 1. The number of halogens is 1. The minimum Gasteiger partial charge on any atom is -0.360 e. The van der Waals surface area contributed by atoms with Crippen LogP contribution >= 0.6 is 0 Å².